The summed E-state index contributed by atoms with van der Waals surface area (Å²) in [5.41, 5.74) is 2.06. The molecule has 2 N–H and O–H groups in total. The number of hydrogen-bond acceptors (Lipinski definition) is 6. The monoisotopic (exact) mass is 420 g/mol. The van der Waals surface area contributed by atoms with Crippen LogP contribution in [-0.4, -0.2) is 53.4 Å². The molecule has 1 saturated heterocycles. The third-order valence-corrected chi connectivity index (χ3v) is 7.17. The Balaban J connectivity index is 1.32. The largest absolute Gasteiger partial charge is 0.394 e. The highest BCUT2D eigenvalue weighted by molar-refractivity contribution is 7.89. The van der Waals surface area contributed by atoms with Gasteiger partial charge in [-0.2, -0.15) is 0 Å². The molecule has 0 spiro atoms. The van der Waals surface area contributed by atoms with Crippen LogP contribution >= 0.6 is 0 Å². The van der Waals surface area contributed by atoms with Gasteiger partial charge >= 0.3 is 0 Å². The van der Waals surface area contributed by atoms with Crippen molar-refractivity contribution >= 4 is 10.0 Å². The minimum absolute atomic E-state index is 0.0409. The van der Waals surface area contributed by atoms with Crippen LogP contribution in [0.3, 0.4) is 0 Å². The average Bonchev–Trinajstić information content (AvgIpc) is 3.45. The number of hydrogen-bond donors (Lipinski definition) is 2. The SMILES string of the molecule is Cc1ccc(S(=O)(=O)N[C@@H]2CC[C@H](CCn3cc(C4CC4)nn3)O[C@H]2CO)cc1. The molecule has 0 amide bonds. The minimum atomic E-state index is -3.66. The molecule has 9 heteroatoms. The lowest BCUT2D eigenvalue weighted by Gasteiger charge is -2.36. The van der Waals surface area contributed by atoms with Gasteiger partial charge in [0.25, 0.3) is 0 Å². The highest BCUT2D eigenvalue weighted by Gasteiger charge is 2.34. The molecule has 2 aromatic rings. The summed E-state index contributed by atoms with van der Waals surface area (Å²) in [6.07, 6.45) is 5.88. The van der Waals surface area contributed by atoms with Gasteiger partial charge in [0.1, 0.15) is 0 Å². The zero-order chi connectivity index (χ0) is 20.4. The summed E-state index contributed by atoms with van der Waals surface area (Å²) >= 11 is 0. The quantitative estimate of drug-likeness (QED) is 0.674. The number of aryl methyl sites for hydroxylation is 2. The molecule has 0 radical (unpaired) electrons. The van der Waals surface area contributed by atoms with Crippen molar-refractivity contribution in [2.45, 2.75) is 74.6 Å². The Labute approximate surface area is 171 Å². The fraction of sp³-hybridized carbons (Fsp3) is 0.600. The molecule has 2 aliphatic rings. The lowest BCUT2D eigenvalue weighted by Crippen LogP contribution is -2.50. The van der Waals surface area contributed by atoms with Gasteiger partial charge in [-0.3, -0.25) is 4.68 Å². The van der Waals surface area contributed by atoms with E-state index in [-0.39, 0.29) is 17.6 Å². The molecule has 1 aliphatic carbocycles. The van der Waals surface area contributed by atoms with Crippen molar-refractivity contribution in [2.24, 2.45) is 0 Å². The Bertz CT molecular complexity index is 924. The maximum absolute atomic E-state index is 12.7. The lowest BCUT2D eigenvalue weighted by atomic mass is 9.98. The van der Waals surface area contributed by atoms with Gasteiger partial charge in [0.15, 0.2) is 0 Å². The van der Waals surface area contributed by atoms with Gasteiger partial charge in [-0.05, 0) is 51.2 Å². The van der Waals surface area contributed by atoms with Crippen LogP contribution in [0, 0.1) is 6.92 Å². The molecule has 4 rings (SSSR count). The van der Waals surface area contributed by atoms with E-state index in [9.17, 15) is 13.5 Å². The first-order valence-corrected chi connectivity index (χ1v) is 11.7. The van der Waals surface area contributed by atoms with Crippen molar-refractivity contribution in [1.29, 1.82) is 0 Å². The van der Waals surface area contributed by atoms with E-state index in [2.05, 4.69) is 15.0 Å². The first-order valence-electron chi connectivity index (χ1n) is 10.2. The summed E-state index contributed by atoms with van der Waals surface area (Å²) in [4.78, 5) is 0.222. The maximum atomic E-state index is 12.7. The second-order valence-corrected chi connectivity index (χ2v) is 9.78. The fourth-order valence-corrected chi connectivity index (χ4v) is 5.03. The summed E-state index contributed by atoms with van der Waals surface area (Å²) < 4.78 is 35.9. The molecule has 158 valence electrons. The number of nitrogens with one attached hydrogen (secondary N) is 1. The Morgan fingerprint density at radius 1 is 1.21 bits per heavy atom. The normalized spacial score (nSPS) is 25.2. The van der Waals surface area contributed by atoms with Crippen LogP contribution in [0.4, 0.5) is 0 Å². The predicted molar refractivity (Wildman–Crippen MR) is 107 cm³/mol. The molecule has 29 heavy (non-hydrogen) atoms. The van der Waals surface area contributed by atoms with E-state index in [0.29, 0.717) is 18.9 Å². The van der Waals surface area contributed by atoms with E-state index in [4.69, 9.17) is 4.74 Å². The van der Waals surface area contributed by atoms with Gasteiger partial charge in [-0.1, -0.05) is 22.9 Å². The van der Waals surface area contributed by atoms with E-state index >= 15 is 0 Å². The van der Waals surface area contributed by atoms with Crippen LogP contribution in [-0.2, 0) is 21.3 Å². The highest BCUT2D eigenvalue weighted by atomic mass is 32.2. The number of aliphatic hydroxyl groups is 1. The third kappa shape index (κ3) is 5.03. The molecular formula is C20H28N4O4S. The summed E-state index contributed by atoms with van der Waals surface area (Å²) in [6, 6.07) is 6.27. The van der Waals surface area contributed by atoms with Crippen molar-refractivity contribution in [3.05, 3.63) is 41.7 Å². The van der Waals surface area contributed by atoms with E-state index in [1.54, 1.807) is 24.3 Å². The number of rotatable bonds is 8. The predicted octanol–water partition coefficient (Wildman–Crippen LogP) is 1.74. The van der Waals surface area contributed by atoms with Crippen molar-refractivity contribution in [3.8, 4) is 0 Å². The number of sulfonamides is 1. The third-order valence-electron chi connectivity index (χ3n) is 5.67. The summed E-state index contributed by atoms with van der Waals surface area (Å²) in [5, 5.41) is 18.1. The van der Waals surface area contributed by atoms with Gasteiger partial charge in [0.05, 0.1) is 35.4 Å². The molecule has 2 fully saturated rings. The Morgan fingerprint density at radius 3 is 2.66 bits per heavy atom. The number of nitrogens with zero attached hydrogens (tertiary/aromatic N) is 3. The minimum Gasteiger partial charge on any atom is -0.394 e. The Morgan fingerprint density at radius 2 is 1.97 bits per heavy atom. The molecule has 2 heterocycles. The van der Waals surface area contributed by atoms with Crippen LogP contribution in [0.2, 0.25) is 0 Å². The van der Waals surface area contributed by atoms with Crippen LogP contribution in [0.25, 0.3) is 0 Å². The van der Waals surface area contributed by atoms with Crippen molar-refractivity contribution in [2.75, 3.05) is 6.61 Å². The lowest BCUT2D eigenvalue weighted by molar-refractivity contribution is -0.0891. The second kappa shape index (κ2) is 8.51. The number of aliphatic hydroxyl groups excluding tert-OH is 1. The van der Waals surface area contributed by atoms with Gasteiger partial charge < -0.3 is 9.84 Å². The molecule has 1 saturated carbocycles. The Kier molecular flexibility index (Phi) is 6.00. The Hall–Kier alpha value is -1.81. The fourth-order valence-electron chi connectivity index (χ4n) is 3.73. The van der Waals surface area contributed by atoms with Crippen LogP contribution < -0.4 is 4.72 Å². The second-order valence-electron chi connectivity index (χ2n) is 8.07. The van der Waals surface area contributed by atoms with E-state index in [0.717, 1.165) is 24.1 Å². The van der Waals surface area contributed by atoms with Gasteiger partial charge in [-0.25, -0.2) is 13.1 Å². The molecule has 1 aromatic carbocycles. The summed E-state index contributed by atoms with van der Waals surface area (Å²) in [7, 11) is -3.66. The van der Waals surface area contributed by atoms with Crippen molar-refractivity contribution in [1.82, 2.24) is 19.7 Å². The molecule has 1 aromatic heterocycles. The topological polar surface area (TPSA) is 106 Å². The van der Waals surface area contributed by atoms with Gasteiger partial charge in [0.2, 0.25) is 10.0 Å². The number of ether oxygens (including phenoxy) is 1. The van der Waals surface area contributed by atoms with E-state index < -0.39 is 22.2 Å². The van der Waals surface area contributed by atoms with E-state index in [1.165, 1.54) is 12.8 Å². The first-order chi connectivity index (χ1) is 13.9. The van der Waals surface area contributed by atoms with Crippen molar-refractivity contribution in [3.63, 3.8) is 0 Å². The average molecular weight is 421 g/mol. The first kappa shape index (κ1) is 20.5. The zero-order valence-electron chi connectivity index (χ0n) is 16.6. The smallest absolute Gasteiger partial charge is 0.240 e. The highest BCUT2D eigenvalue weighted by Crippen LogP contribution is 2.38. The van der Waals surface area contributed by atoms with E-state index in [1.807, 2.05) is 17.8 Å². The molecule has 0 unspecified atom stereocenters. The molecule has 8 nitrogen and oxygen atoms in total. The molecule has 0 bridgehead atoms. The molecular weight excluding hydrogens is 392 g/mol. The van der Waals surface area contributed by atoms with Crippen LogP contribution in [0.15, 0.2) is 35.4 Å². The zero-order valence-corrected chi connectivity index (χ0v) is 17.4. The standard InChI is InChI=1S/C20H28N4O4S/c1-14-2-7-17(8-3-14)29(26,27)22-18-9-6-16(28-20(18)13-25)10-11-24-12-19(21-23-24)15-4-5-15/h2-3,7-8,12,15-16,18,20,22,25H,4-6,9-11,13H2,1H3/t16-,18-,20+/m1/s1. The van der Waals surface area contributed by atoms with Crippen LogP contribution in [0.5, 0.6) is 0 Å². The van der Waals surface area contributed by atoms with Crippen molar-refractivity contribution < 1.29 is 18.3 Å². The molecule has 1 aliphatic heterocycles. The number of aromatic nitrogens is 3. The van der Waals surface area contributed by atoms with Crippen LogP contribution in [0.1, 0.15) is 49.3 Å². The summed E-state index contributed by atoms with van der Waals surface area (Å²) in [5.74, 6) is 0.579. The summed E-state index contributed by atoms with van der Waals surface area (Å²) in [6.45, 7) is 2.38. The van der Waals surface area contributed by atoms with Gasteiger partial charge in [0, 0.05) is 18.7 Å². The van der Waals surface area contributed by atoms with Gasteiger partial charge in [-0.15, -0.1) is 5.10 Å². The maximum Gasteiger partial charge on any atom is 0.240 e. The number of benzene rings is 1. The molecule has 3 atom stereocenters.